The maximum atomic E-state index is 6.17. The van der Waals surface area contributed by atoms with Gasteiger partial charge in [0, 0.05) is 10.9 Å². The van der Waals surface area contributed by atoms with Gasteiger partial charge < -0.3 is 13.9 Å². The van der Waals surface area contributed by atoms with Gasteiger partial charge >= 0.3 is 0 Å². The van der Waals surface area contributed by atoms with E-state index in [2.05, 4.69) is 15.9 Å². The van der Waals surface area contributed by atoms with Crippen molar-refractivity contribution < 1.29 is 13.9 Å². The van der Waals surface area contributed by atoms with Crippen LogP contribution in [0.1, 0.15) is 11.7 Å². The Hall–Kier alpha value is -1.65. The molecule has 2 heterocycles. The second kappa shape index (κ2) is 4.97. The van der Waals surface area contributed by atoms with E-state index in [1.165, 1.54) is 0 Å². The molecule has 0 radical (unpaired) electrons. The molecule has 0 spiro atoms. The predicted octanol–water partition coefficient (Wildman–Crippen LogP) is 5.36. The van der Waals surface area contributed by atoms with Crippen molar-refractivity contribution in [2.75, 3.05) is 6.61 Å². The number of furan rings is 1. The first-order valence-electron chi connectivity index (χ1n) is 6.47. The largest absolute Gasteiger partial charge is 0.484 e. The van der Waals surface area contributed by atoms with E-state index < -0.39 is 0 Å². The highest BCUT2D eigenvalue weighted by Gasteiger charge is 2.26. The highest BCUT2D eigenvalue weighted by atomic mass is 79.9. The molecule has 0 unspecified atom stereocenters. The zero-order valence-corrected chi connectivity index (χ0v) is 13.1. The van der Waals surface area contributed by atoms with Gasteiger partial charge in [-0.15, -0.1) is 0 Å². The van der Waals surface area contributed by atoms with Crippen molar-refractivity contribution in [1.29, 1.82) is 0 Å². The van der Waals surface area contributed by atoms with Crippen LogP contribution in [0.3, 0.4) is 0 Å². The lowest BCUT2D eigenvalue weighted by molar-refractivity contribution is 0.0908. The third-order valence-corrected chi connectivity index (χ3v) is 4.47. The molecule has 0 aliphatic carbocycles. The highest BCUT2D eigenvalue weighted by molar-refractivity contribution is 9.10. The number of hydrogen-bond acceptors (Lipinski definition) is 3. The van der Waals surface area contributed by atoms with E-state index in [0.29, 0.717) is 11.6 Å². The van der Waals surface area contributed by atoms with Gasteiger partial charge in [-0.2, -0.15) is 0 Å². The molecular weight excluding hydrogens is 356 g/mol. The van der Waals surface area contributed by atoms with Crippen LogP contribution in [-0.2, 0) is 0 Å². The van der Waals surface area contributed by atoms with E-state index >= 15 is 0 Å². The fourth-order valence-electron chi connectivity index (χ4n) is 2.52. The minimum atomic E-state index is -0.224. The van der Waals surface area contributed by atoms with Crippen molar-refractivity contribution in [3.05, 3.63) is 57.7 Å². The third kappa shape index (κ3) is 2.10. The van der Waals surface area contributed by atoms with Crippen LogP contribution >= 0.6 is 27.5 Å². The van der Waals surface area contributed by atoms with Gasteiger partial charge in [0.1, 0.15) is 12.2 Å². The Labute approximate surface area is 134 Å². The Morgan fingerprint density at radius 1 is 1.14 bits per heavy atom. The SMILES string of the molecule is Clc1ccc([C@@H]2COc3c(Br)cccc3O2)c2occc12. The van der Waals surface area contributed by atoms with Crippen LogP contribution in [0, 0.1) is 0 Å². The van der Waals surface area contributed by atoms with Gasteiger partial charge in [0.2, 0.25) is 0 Å². The summed E-state index contributed by atoms with van der Waals surface area (Å²) in [4.78, 5) is 0. The molecule has 0 bridgehead atoms. The van der Waals surface area contributed by atoms with Crippen molar-refractivity contribution >= 4 is 38.5 Å². The molecule has 1 aliphatic rings. The molecule has 1 aliphatic heterocycles. The van der Waals surface area contributed by atoms with Crippen LogP contribution in [0.2, 0.25) is 5.02 Å². The first kappa shape index (κ1) is 13.0. The molecule has 3 aromatic rings. The van der Waals surface area contributed by atoms with Crippen LogP contribution < -0.4 is 9.47 Å². The van der Waals surface area contributed by atoms with Crippen LogP contribution in [0.25, 0.3) is 11.0 Å². The van der Waals surface area contributed by atoms with E-state index in [1.807, 2.05) is 36.4 Å². The smallest absolute Gasteiger partial charge is 0.175 e. The van der Waals surface area contributed by atoms with Crippen molar-refractivity contribution in [1.82, 2.24) is 0 Å². The first-order chi connectivity index (χ1) is 10.2. The van der Waals surface area contributed by atoms with E-state index in [1.54, 1.807) is 6.26 Å². The minimum absolute atomic E-state index is 0.224. The molecule has 5 heteroatoms. The Bertz CT molecular complexity index is 828. The second-order valence-electron chi connectivity index (χ2n) is 4.78. The van der Waals surface area contributed by atoms with Gasteiger partial charge in [-0.25, -0.2) is 0 Å². The Balaban J connectivity index is 1.78. The quantitative estimate of drug-likeness (QED) is 0.581. The molecule has 0 saturated carbocycles. The monoisotopic (exact) mass is 364 g/mol. The molecule has 2 aromatic carbocycles. The average Bonchev–Trinajstić information content (AvgIpc) is 2.98. The fraction of sp³-hybridized carbons (Fsp3) is 0.125. The predicted molar refractivity (Wildman–Crippen MR) is 84.2 cm³/mol. The van der Waals surface area contributed by atoms with Crippen molar-refractivity contribution in [2.24, 2.45) is 0 Å². The summed E-state index contributed by atoms with van der Waals surface area (Å²) in [5.74, 6) is 1.45. The molecule has 0 amide bonds. The fourth-order valence-corrected chi connectivity index (χ4v) is 3.20. The van der Waals surface area contributed by atoms with Crippen LogP contribution in [-0.4, -0.2) is 6.61 Å². The number of fused-ring (bicyclic) bond motifs is 2. The topological polar surface area (TPSA) is 31.6 Å². The summed E-state index contributed by atoms with van der Waals surface area (Å²) in [6, 6.07) is 11.4. The molecular formula is C16H10BrClO3. The molecule has 1 atom stereocenters. The summed E-state index contributed by atoms with van der Waals surface area (Å²) in [5, 5.41) is 1.56. The lowest BCUT2D eigenvalue weighted by Gasteiger charge is -2.27. The molecule has 106 valence electrons. The standard InChI is InChI=1S/C16H10BrClO3/c17-11-2-1-3-13-16(11)20-8-14(21-13)10-4-5-12(18)9-6-7-19-15(9)10/h1-7,14H,8H2/t14-/m0/s1. The van der Waals surface area contributed by atoms with Gasteiger partial charge in [-0.05, 0) is 46.3 Å². The maximum Gasteiger partial charge on any atom is 0.175 e. The first-order valence-corrected chi connectivity index (χ1v) is 7.65. The molecule has 4 rings (SSSR count). The van der Waals surface area contributed by atoms with Gasteiger partial charge in [0.25, 0.3) is 0 Å². The number of halogens is 2. The normalized spacial score (nSPS) is 17.1. The van der Waals surface area contributed by atoms with E-state index in [4.69, 9.17) is 25.5 Å². The van der Waals surface area contributed by atoms with E-state index in [-0.39, 0.29) is 6.10 Å². The summed E-state index contributed by atoms with van der Waals surface area (Å²) in [6.45, 7) is 0.424. The van der Waals surface area contributed by atoms with Crippen LogP contribution in [0.4, 0.5) is 0 Å². The van der Waals surface area contributed by atoms with Gasteiger partial charge in [-0.1, -0.05) is 17.7 Å². The molecule has 0 fully saturated rings. The van der Waals surface area contributed by atoms with Gasteiger partial charge in [-0.3, -0.25) is 0 Å². The molecule has 0 N–H and O–H groups in total. The summed E-state index contributed by atoms with van der Waals surface area (Å²) in [5.41, 5.74) is 1.68. The Morgan fingerprint density at radius 3 is 2.95 bits per heavy atom. The lowest BCUT2D eigenvalue weighted by Crippen LogP contribution is -2.21. The maximum absolute atomic E-state index is 6.17. The van der Waals surface area contributed by atoms with E-state index in [9.17, 15) is 0 Å². The summed E-state index contributed by atoms with van der Waals surface area (Å²) >= 11 is 9.63. The van der Waals surface area contributed by atoms with Crippen molar-refractivity contribution in [3.63, 3.8) is 0 Å². The second-order valence-corrected chi connectivity index (χ2v) is 6.05. The zero-order chi connectivity index (χ0) is 14.4. The summed E-state index contributed by atoms with van der Waals surface area (Å²) in [6.07, 6.45) is 1.41. The Morgan fingerprint density at radius 2 is 2.05 bits per heavy atom. The Kier molecular flexibility index (Phi) is 3.08. The number of hydrogen-bond donors (Lipinski definition) is 0. The molecule has 3 nitrogen and oxygen atoms in total. The molecule has 1 aromatic heterocycles. The summed E-state index contributed by atoms with van der Waals surface area (Å²) < 4.78 is 18.3. The molecule has 21 heavy (non-hydrogen) atoms. The number of para-hydroxylation sites is 1. The minimum Gasteiger partial charge on any atom is -0.484 e. The van der Waals surface area contributed by atoms with Crippen LogP contribution in [0.15, 0.2) is 51.6 Å². The average molecular weight is 366 g/mol. The highest BCUT2D eigenvalue weighted by Crippen LogP contribution is 2.42. The number of benzene rings is 2. The van der Waals surface area contributed by atoms with Gasteiger partial charge in [0.05, 0.1) is 15.8 Å². The third-order valence-electron chi connectivity index (χ3n) is 3.52. The molecule has 0 saturated heterocycles. The number of ether oxygens (including phenoxy) is 2. The zero-order valence-electron chi connectivity index (χ0n) is 10.8. The van der Waals surface area contributed by atoms with Crippen molar-refractivity contribution in [2.45, 2.75) is 6.10 Å². The van der Waals surface area contributed by atoms with Crippen LogP contribution in [0.5, 0.6) is 11.5 Å². The van der Waals surface area contributed by atoms with Gasteiger partial charge in [0.15, 0.2) is 17.6 Å². The van der Waals surface area contributed by atoms with E-state index in [0.717, 1.165) is 32.5 Å². The number of rotatable bonds is 1. The van der Waals surface area contributed by atoms with Crippen molar-refractivity contribution in [3.8, 4) is 11.5 Å². The lowest BCUT2D eigenvalue weighted by atomic mass is 10.1. The summed E-state index contributed by atoms with van der Waals surface area (Å²) in [7, 11) is 0.